The Kier molecular flexibility index (Phi) is 6.67. The van der Waals surface area contributed by atoms with Gasteiger partial charge in [-0.1, -0.05) is 0 Å². The molecule has 1 atom stereocenters. The third-order valence-corrected chi connectivity index (χ3v) is 5.80. The van der Waals surface area contributed by atoms with Gasteiger partial charge in [-0.25, -0.2) is 0 Å². The molecule has 1 aromatic carbocycles. The second-order valence-corrected chi connectivity index (χ2v) is 7.23. The third-order valence-electron chi connectivity index (χ3n) is 4.00. The lowest BCUT2D eigenvalue weighted by atomic mass is 9.90. The van der Waals surface area contributed by atoms with Crippen LogP contribution in [0.4, 0.5) is 0 Å². The summed E-state index contributed by atoms with van der Waals surface area (Å²) in [5.41, 5.74) is 4.03. The first-order valence-corrected chi connectivity index (χ1v) is 9.10. The van der Waals surface area contributed by atoms with Crippen molar-refractivity contribution in [3.8, 4) is 11.5 Å². The molecule has 3 N–H and O–H groups in total. The summed E-state index contributed by atoms with van der Waals surface area (Å²) < 4.78 is 11.7. The van der Waals surface area contributed by atoms with Gasteiger partial charge in [-0.2, -0.15) is 11.8 Å². The minimum Gasteiger partial charge on any atom is -0.495 e. The highest BCUT2D eigenvalue weighted by Crippen LogP contribution is 2.41. The fourth-order valence-electron chi connectivity index (χ4n) is 2.79. The zero-order valence-electron chi connectivity index (χ0n) is 12.5. The molecule has 1 aliphatic heterocycles. The number of hydrazine groups is 1. The molecule has 1 unspecified atom stereocenters. The van der Waals surface area contributed by atoms with Crippen LogP contribution in [-0.4, -0.2) is 25.7 Å². The number of halogens is 1. The van der Waals surface area contributed by atoms with Gasteiger partial charge >= 0.3 is 0 Å². The van der Waals surface area contributed by atoms with Gasteiger partial charge in [-0.3, -0.25) is 11.3 Å². The standard InChI is InChI=1S/C15H23BrN2O2S/c1-19-13-4-3-11(15(20-2)14(13)16)12(18-17)9-10-5-7-21-8-6-10/h3-4,10,12,18H,5-9,17H2,1-2H3. The lowest BCUT2D eigenvalue weighted by molar-refractivity contribution is 0.350. The Balaban J connectivity index is 2.22. The largest absolute Gasteiger partial charge is 0.495 e. The summed E-state index contributed by atoms with van der Waals surface area (Å²) in [5.74, 6) is 10.6. The van der Waals surface area contributed by atoms with Gasteiger partial charge in [0.05, 0.1) is 14.2 Å². The Morgan fingerprint density at radius 3 is 2.62 bits per heavy atom. The molecule has 118 valence electrons. The molecule has 6 heteroatoms. The minimum absolute atomic E-state index is 0.0928. The number of benzene rings is 1. The van der Waals surface area contributed by atoms with Crippen molar-refractivity contribution in [1.29, 1.82) is 0 Å². The highest BCUT2D eigenvalue weighted by molar-refractivity contribution is 9.10. The molecule has 0 saturated carbocycles. The summed E-state index contributed by atoms with van der Waals surface area (Å²) in [7, 11) is 3.32. The summed E-state index contributed by atoms with van der Waals surface area (Å²) in [6, 6.07) is 4.07. The molecule has 4 nitrogen and oxygen atoms in total. The van der Waals surface area contributed by atoms with Crippen molar-refractivity contribution in [2.45, 2.75) is 25.3 Å². The fourth-order valence-corrected chi connectivity index (χ4v) is 4.68. The summed E-state index contributed by atoms with van der Waals surface area (Å²) in [6.07, 6.45) is 3.57. The second kappa shape index (κ2) is 8.27. The van der Waals surface area contributed by atoms with Crippen LogP contribution in [-0.2, 0) is 0 Å². The van der Waals surface area contributed by atoms with Crippen LogP contribution in [0.25, 0.3) is 0 Å². The first-order chi connectivity index (χ1) is 10.2. The molecule has 1 aromatic rings. The number of thioether (sulfide) groups is 1. The predicted octanol–water partition coefficient (Wildman–Crippen LogP) is 3.50. The number of methoxy groups -OCH3 is 2. The molecule has 0 spiro atoms. The van der Waals surface area contributed by atoms with Crippen molar-refractivity contribution in [3.63, 3.8) is 0 Å². The van der Waals surface area contributed by atoms with Gasteiger partial charge in [-0.15, -0.1) is 0 Å². The van der Waals surface area contributed by atoms with Crippen LogP contribution in [0.15, 0.2) is 16.6 Å². The van der Waals surface area contributed by atoms with Crippen molar-refractivity contribution >= 4 is 27.7 Å². The Labute approximate surface area is 139 Å². The molecule has 0 aliphatic carbocycles. The van der Waals surface area contributed by atoms with Crippen LogP contribution in [0, 0.1) is 5.92 Å². The van der Waals surface area contributed by atoms with Gasteiger partial charge in [0.2, 0.25) is 0 Å². The fraction of sp³-hybridized carbons (Fsp3) is 0.600. The molecule has 1 aliphatic rings. The summed E-state index contributed by atoms with van der Waals surface area (Å²) >= 11 is 5.60. The lowest BCUT2D eigenvalue weighted by Crippen LogP contribution is -2.30. The first kappa shape index (κ1) is 16.9. The van der Waals surface area contributed by atoms with Crippen molar-refractivity contribution < 1.29 is 9.47 Å². The number of hydrogen-bond acceptors (Lipinski definition) is 5. The molecule has 21 heavy (non-hydrogen) atoms. The molecule has 1 heterocycles. The molecule has 1 saturated heterocycles. The summed E-state index contributed by atoms with van der Waals surface area (Å²) in [6.45, 7) is 0. The van der Waals surface area contributed by atoms with Gasteiger partial charge in [0.1, 0.15) is 16.0 Å². The maximum Gasteiger partial charge on any atom is 0.141 e. The van der Waals surface area contributed by atoms with Crippen LogP contribution in [0.3, 0.4) is 0 Å². The van der Waals surface area contributed by atoms with Crippen LogP contribution in [0.2, 0.25) is 0 Å². The van der Waals surface area contributed by atoms with Crippen molar-refractivity contribution in [2.24, 2.45) is 11.8 Å². The van der Waals surface area contributed by atoms with Crippen LogP contribution >= 0.6 is 27.7 Å². The van der Waals surface area contributed by atoms with Gasteiger partial charge in [0.25, 0.3) is 0 Å². The van der Waals surface area contributed by atoms with Gasteiger partial charge in [0.15, 0.2) is 0 Å². The molecule has 2 rings (SSSR count). The van der Waals surface area contributed by atoms with E-state index in [1.54, 1.807) is 14.2 Å². The van der Waals surface area contributed by atoms with E-state index in [4.69, 9.17) is 15.3 Å². The number of ether oxygens (including phenoxy) is 2. The molecule has 0 bridgehead atoms. The van der Waals surface area contributed by atoms with Gasteiger partial charge < -0.3 is 9.47 Å². The predicted molar refractivity (Wildman–Crippen MR) is 92.0 cm³/mol. The lowest BCUT2D eigenvalue weighted by Gasteiger charge is -2.27. The van der Waals surface area contributed by atoms with Gasteiger partial charge in [-0.05, 0) is 64.7 Å². The topological polar surface area (TPSA) is 56.5 Å². The Bertz CT molecular complexity index is 467. The summed E-state index contributed by atoms with van der Waals surface area (Å²) in [5, 5.41) is 0. The average molecular weight is 375 g/mol. The molecule has 0 aromatic heterocycles. The normalized spacial score (nSPS) is 17.5. The zero-order valence-corrected chi connectivity index (χ0v) is 14.9. The SMILES string of the molecule is COc1ccc(C(CC2CCSCC2)NN)c(OC)c1Br. The van der Waals surface area contributed by atoms with Gasteiger partial charge in [0, 0.05) is 11.6 Å². The Hall–Kier alpha value is -0.430. The summed E-state index contributed by atoms with van der Waals surface area (Å²) in [4.78, 5) is 0. The monoisotopic (exact) mass is 374 g/mol. The average Bonchev–Trinajstić information content (AvgIpc) is 2.53. The van der Waals surface area contributed by atoms with Crippen molar-refractivity contribution in [3.05, 3.63) is 22.2 Å². The van der Waals surface area contributed by atoms with E-state index < -0.39 is 0 Å². The molecule has 0 radical (unpaired) electrons. The van der Waals surface area contributed by atoms with E-state index in [2.05, 4.69) is 21.4 Å². The first-order valence-electron chi connectivity index (χ1n) is 7.15. The van der Waals surface area contributed by atoms with Crippen molar-refractivity contribution in [2.75, 3.05) is 25.7 Å². The molecule has 0 amide bonds. The van der Waals surface area contributed by atoms with Crippen LogP contribution < -0.4 is 20.7 Å². The number of rotatable bonds is 6. The molecular formula is C15H23BrN2O2S. The molecule has 1 fully saturated rings. The maximum absolute atomic E-state index is 5.81. The molecular weight excluding hydrogens is 352 g/mol. The van der Waals surface area contributed by atoms with E-state index in [0.717, 1.165) is 33.9 Å². The van der Waals surface area contributed by atoms with E-state index in [9.17, 15) is 0 Å². The van der Waals surface area contributed by atoms with E-state index in [1.165, 1.54) is 24.3 Å². The Morgan fingerprint density at radius 2 is 2.05 bits per heavy atom. The number of hydrogen-bond donors (Lipinski definition) is 2. The minimum atomic E-state index is 0.0928. The second-order valence-electron chi connectivity index (χ2n) is 5.21. The van der Waals surface area contributed by atoms with E-state index in [1.807, 2.05) is 23.9 Å². The highest BCUT2D eigenvalue weighted by Gasteiger charge is 2.24. The smallest absolute Gasteiger partial charge is 0.141 e. The van der Waals surface area contributed by atoms with Crippen LogP contribution in [0.1, 0.15) is 30.9 Å². The maximum atomic E-state index is 5.81. The van der Waals surface area contributed by atoms with E-state index in [0.29, 0.717) is 0 Å². The van der Waals surface area contributed by atoms with Crippen molar-refractivity contribution in [1.82, 2.24) is 5.43 Å². The zero-order chi connectivity index (χ0) is 15.2. The number of nitrogens with two attached hydrogens (primary N) is 1. The van der Waals surface area contributed by atoms with Crippen LogP contribution in [0.5, 0.6) is 11.5 Å². The third kappa shape index (κ3) is 4.06. The van der Waals surface area contributed by atoms with E-state index >= 15 is 0 Å². The highest BCUT2D eigenvalue weighted by atomic mass is 79.9. The number of nitrogens with one attached hydrogen (secondary N) is 1. The van der Waals surface area contributed by atoms with E-state index in [-0.39, 0.29) is 6.04 Å². The quantitative estimate of drug-likeness (QED) is 0.589. The Morgan fingerprint density at radius 1 is 1.33 bits per heavy atom.